The van der Waals surface area contributed by atoms with E-state index in [0.29, 0.717) is 5.02 Å². The highest BCUT2D eigenvalue weighted by atomic mass is 35.5. The summed E-state index contributed by atoms with van der Waals surface area (Å²) in [7, 11) is 0. The predicted molar refractivity (Wildman–Crippen MR) is 79.8 cm³/mol. The highest BCUT2D eigenvalue weighted by Crippen LogP contribution is 2.44. The van der Waals surface area contributed by atoms with Crippen LogP contribution in [-0.2, 0) is 4.74 Å². The van der Waals surface area contributed by atoms with Gasteiger partial charge in [-0.3, -0.25) is 0 Å². The minimum absolute atomic E-state index is 0.0210. The number of aliphatic hydroxyl groups is 1. The molecule has 1 spiro atoms. The normalized spacial score (nSPS) is 32.6. The van der Waals surface area contributed by atoms with Crippen LogP contribution in [0.2, 0.25) is 5.02 Å². The van der Waals surface area contributed by atoms with Gasteiger partial charge in [-0.15, -0.1) is 0 Å². The Labute approximate surface area is 123 Å². The summed E-state index contributed by atoms with van der Waals surface area (Å²) < 4.78 is 6.01. The van der Waals surface area contributed by atoms with Gasteiger partial charge < -0.3 is 9.84 Å². The first-order valence-electron chi connectivity index (χ1n) is 6.84. The van der Waals surface area contributed by atoms with Crippen LogP contribution in [-0.4, -0.2) is 28.8 Å². The number of ether oxygens (including phenoxy) is 1. The third-order valence-corrected chi connectivity index (χ3v) is 5.69. The van der Waals surface area contributed by atoms with Crippen LogP contribution in [0.5, 0.6) is 0 Å². The first kappa shape index (κ1) is 13.7. The van der Waals surface area contributed by atoms with Gasteiger partial charge in [0, 0.05) is 17.4 Å². The van der Waals surface area contributed by atoms with Crippen molar-refractivity contribution in [1.82, 2.24) is 0 Å². The van der Waals surface area contributed by atoms with Crippen LogP contribution in [0, 0.1) is 5.92 Å². The lowest BCUT2D eigenvalue weighted by Crippen LogP contribution is -2.41. The van der Waals surface area contributed by atoms with Gasteiger partial charge in [-0.25, -0.2) is 0 Å². The van der Waals surface area contributed by atoms with Crippen molar-refractivity contribution in [2.45, 2.75) is 31.0 Å². The summed E-state index contributed by atoms with van der Waals surface area (Å²) in [6, 6.07) is 7.58. The van der Waals surface area contributed by atoms with Crippen molar-refractivity contribution in [3.63, 3.8) is 0 Å². The molecule has 2 heterocycles. The molecule has 0 aromatic heterocycles. The lowest BCUT2D eigenvalue weighted by atomic mass is 9.80. The van der Waals surface area contributed by atoms with Crippen LogP contribution >= 0.6 is 23.4 Å². The third-order valence-electron chi connectivity index (χ3n) is 4.23. The second-order valence-electron chi connectivity index (χ2n) is 5.59. The van der Waals surface area contributed by atoms with E-state index in [1.165, 1.54) is 5.75 Å². The molecule has 0 radical (unpaired) electrons. The Morgan fingerprint density at radius 2 is 2.37 bits per heavy atom. The lowest BCUT2D eigenvalue weighted by Gasteiger charge is -2.39. The van der Waals surface area contributed by atoms with Crippen molar-refractivity contribution in [2.24, 2.45) is 5.92 Å². The van der Waals surface area contributed by atoms with Crippen LogP contribution in [0.3, 0.4) is 0 Å². The molecule has 0 saturated carbocycles. The van der Waals surface area contributed by atoms with E-state index < -0.39 is 6.10 Å². The molecule has 0 aliphatic carbocycles. The minimum Gasteiger partial charge on any atom is -0.388 e. The maximum atomic E-state index is 10.6. The van der Waals surface area contributed by atoms with Crippen molar-refractivity contribution in [2.75, 3.05) is 18.1 Å². The molecule has 1 N–H and O–H groups in total. The van der Waals surface area contributed by atoms with Gasteiger partial charge in [0.2, 0.25) is 0 Å². The van der Waals surface area contributed by atoms with E-state index in [2.05, 4.69) is 0 Å². The summed E-state index contributed by atoms with van der Waals surface area (Å²) in [5, 5.41) is 11.3. The first-order valence-corrected chi connectivity index (χ1v) is 8.37. The number of rotatable bonds is 2. The summed E-state index contributed by atoms with van der Waals surface area (Å²) in [6.07, 6.45) is 2.59. The minimum atomic E-state index is -0.426. The molecule has 2 aliphatic heterocycles. The summed E-state index contributed by atoms with van der Waals surface area (Å²) >= 11 is 7.97. The molecule has 1 aromatic carbocycles. The topological polar surface area (TPSA) is 29.5 Å². The average Bonchev–Trinajstić information content (AvgIpc) is 2.86. The monoisotopic (exact) mass is 298 g/mol. The molecular weight excluding hydrogens is 280 g/mol. The van der Waals surface area contributed by atoms with Gasteiger partial charge in [0.05, 0.1) is 11.7 Å². The van der Waals surface area contributed by atoms with Gasteiger partial charge in [-0.2, -0.15) is 11.8 Å². The van der Waals surface area contributed by atoms with E-state index >= 15 is 0 Å². The fourth-order valence-electron chi connectivity index (χ4n) is 3.16. The van der Waals surface area contributed by atoms with Crippen LogP contribution < -0.4 is 0 Å². The van der Waals surface area contributed by atoms with Crippen LogP contribution in [0.4, 0.5) is 0 Å². The molecule has 1 aromatic rings. The second-order valence-corrected chi connectivity index (χ2v) is 7.13. The number of aliphatic hydroxyl groups excluding tert-OH is 1. The molecule has 2 aliphatic rings. The van der Waals surface area contributed by atoms with E-state index in [1.54, 1.807) is 0 Å². The molecule has 3 rings (SSSR count). The van der Waals surface area contributed by atoms with Gasteiger partial charge in [-0.1, -0.05) is 23.7 Å². The highest BCUT2D eigenvalue weighted by Gasteiger charge is 2.42. The molecule has 0 bridgehead atoms. The molecule has 0 amide bonds. The van der Waals surface area contributed by atoms with Crippen molar-refractivity contribution in [1.29, 1.82) is 0 Å². The van der Waals surface area contributed by atoms with Crippen molar-refractivity contribution in [3.8, 4) is 0 Å². The summed E-state index contributed by atoms with van der Waals surface area (Å²) in [6.45, 7) is 0.767. The van der Waals surface area contributed by atoms with Crippen LogP contribution in [0.25, 0.3) is 0 Å². The summed E-state index contributed by atoms with van der Waals surface area (Å²) in [5.41, 5.74) is 0.952. The van der Waals surface area contributed by atoms with E-state index in [4.69, 9.17) is 16.3 Å². The fourth-order valence-corrected chi connectivity index (χ4v) is 4.74. The highest BCUT2D eigenvalue weighted by molar-refractivity contribution is 7.99. The zero-order chi connectivity index (χ0) is 13.3. The van der Waals surface area contributed by atoms with E-state index in [1.807, 2.05) is 36.0 Å². The standard InChI is InChI=1S/C15H19ClO2S/c16-13-3-1-2-11(8-13)14(17)12-4-6-18-15(9-12)5-7-19-10-15/h1-3,8,12,14,17H,4-7,9-10H2. The quantitative estimate of drug-likeness (QED) is 0.903. The zero-order valence-electron chi connectivity index (χ0n) is 10.8. The molecule has 3 atom stereocenters. The largest absolute Gasteiger partial charge is 0.388 e. The smallest absolute Gasteiger partial charge is 0.0820 e. The van der Waals surface area contributed by atoms with Gasteiger partial charge >= 0.3 is 0 Å². The summed E-state index contributed by atoms with van der Waals surface area (Å²) in [5.74, 6) is 2.54. The zero-order valence-corrected chi connectivity index (χ0v) is 12.4. The number of benzene rings is 1. The molecule has 2 fully saturated rings. The first-order chi connectivity index (χ1) is 9.19. The third kappa shape index (κ3) is 2.94. The van der Waals surface area contributed by atoms with Crippen LogP contribution in [0.1, 0.15) is 30.9 Å². The molecular formula is C15H19ClO2S. The Balaban J connectivity index is 1.74. The van der Waals surface area contributed by atoms with Crippen molar-refractivity contribution < 1.29 is 9.84 Å². The Kier molecular flexibility index (Phi) is 4.08. The molecule has 19 heavy (non-hydrogen) atoms. The van der Waals surface area contributed by atoms with Gasteiger partial charge in [0.1, 0.15) is 0 Å². The number of halogens is 1. The van der Waals surface area contributed by atoms with E-state index in [9.17, 15) is 5.11 Å². The average molecular weight is 299 g/mol. The Bertz CT molecular complexity index is 446. The number of thioether (sulfide) groups is 1. The Hall–Kier alpha value is -0.220. The van der Waals surface area contributed by atoms with Gasteiger partial charge in [0.15, 0.2) is 0 Å². The van der Waals surface area contributed by atoms with Crippen molar-refractivity contribution >= 4 is 23.4 Å². The fraction of sp³-hybridized carbons (Fsp3) is 0.600. The molecule has 4 heteroatoms. The van der Waals surface area contributed by atoms with Crippen molar-refractivity contribution in [3.05, 3.63) is 34.9 Å². The van der Waals surface area contributed by atoms with E-state index in [0.717, 1.165) is 37.2 Å². The number of hydrogen-bond acceptors (Lipinski definition) is 3. The molecule has 2 nitrogen and oxygen atoms in total. The maximum Gasteiger partial charge on any atom is 0.0820 e. The second kappa shape index (κ2) is 5.65. The molecule has 104 valence electrons. The van der Waals surface area contributed by atoms with E-state index in [-0.39, 0.29) is 11.5 Å². The van der Waals surface area contributed by atoms with Gasteiger partial charge in [-0.05, 0) is 48.6 Å². The lowest BCUT2D eigenvalue weighted by molar-refractivity contribution is -0.102. The predicted octanol–water partition coefficient (Wildman–Crippen LogP) is 3.68. The molecule has 2 saturated heterocycles. The van der Waals surface area contributed by atoms with Crippen LogP contribution in [0.15, 0.2) is 24.3 Å². The Morgan fingerprint density at radius 3 is 3.11 bits per heavy atom. The van der Waals surface area contributed by atoms with Gasteiger partial charge in [0.25, 0.3) is 0 Å². The molecule has 3 unspecified atom stereocenters. The SMILES string of the molecule is OC(c1cccc(Cl)c1)C1CCOC2(CCSC2)C1. The Morgan fingerprint density at radius 1 is 1.47 bits per heavy atom. The summed E-state index contributed by atoms with van der Waals surface area (Å²) in [4.78, 5) is 0. The number of hydrogen-bond donors (Lipinski definition) is 1. The maximum absolute atomic E-state index is 10.6.